The maximum absolute atomic E-state index is 5.27. The molecule has 0 unspecified atom stereocenters. The molecule has 0 aromatic carbocycles. The number of aromatic nitrogens is 1. The van der Waals surface area contributed by atoms with E-state index in [-0.39, 0.29) is 0 Å². The Balaban J connectivity index is 2.04. The van der Waals surface area contributed by atoms with Gasteiger partial charge in [0.25, 0.3) is 0 Å². The Morgan fingerprint density at radius 3 is 2.85 bits per heavy atom. The molecule has 1 N–H and O–H groups in total. The number of nitrogens with zero attached hydrogens (tertiary/aromatic N) is 1. The second kappa shape index (κ2) is 3.66. The summed E-state index contributed by atoms with van der Waals surface area (Å²) in [6.07, 6.45) is 1.92. The van der Waals surface area contributed by atoms with Crippen molar-refractivity contribution in [3.63, 3.8) is 0 Å². The highest BCUT2D eigenvalue weighted by Crippen LogP contribution is 2.15. The number of rotatable bonds is 2. The maximum atomic E-state index is 5.27. The van der Waals surface area contributed by atoms with Crippen LogP contribution in [0.5, 0.6) is 0 Å². The first-order valence-electron chi connectivity index (χ1n) is 4.53. The van der Waals surface area contributed by atoms with Gasteiger partial charge < -0.3 is 14.6 Å². The largest absolute Gasteiger partial charge is 0.378 e. The van der Waals surface area contributed by atoms with Gasteiger partial charge in [-0.15, -0.1) is 0 Å². The predicted octanol–water partition coefficient (Wildman–Crippen LogP) is 1.32. The van der Waals surface area contributed by atoms with Crippen LogP contribution in [0.25, 0.3) is 5.70 Å². The van der Waals surface area contributed by atoms with E-state index >= 15 is 0 Å². The molecule has 2 rings (SSSR count). The summed E-state index contributed by atoms with van der Waals surface area (Å²) in [5, 5.41) is 0. The van der Waals surface area contributed by atoms with E-state index in [2.05, 4.69) is 16.5 Å². The van der Waals surface area contributed by atoms with E-state index in [0.717, 1.165) is 37.7 Å². The van der Waals surface area contributed by atoms with Crippen LogP contribution < -0.4 is 0 Å². The minimum absolute atomic E-state index is 0.805. The van der Waals surface area contributed by atoms with E-state index in [1.54, 1.807) is 0 Å². The summed E-state index contributed by atoms with van der Waals surface area (Å²) in [7, 11) is 0. The molecular formula is C10H14N2O. The molecule has 1 fully saturated rings. The average Bonchev–Trinajstić information content (AvgIpc) is 2.71. The van der Waals surface area contributed by atoms with E-state index in [1.165, 1.54) is 0 Å². The Hall–Kier alpha value is -1.22. The van der Waals surface area contributed by atoms with Crippen molar-refractivity contribution in [2.45, 2.75) is 0 Å². The standard InChI is InChI=1S/C10H14N2O/c1-9(10-3-2-4-11-10)12-5-7-13-8-6-12/h2-4,11H,1,5-8H2. The summed E-state index contributed by atoms with van der Waals surface area (Å²) in [6.45, 7) is 7.56. The van der Waals surface area contributed by atoms with E-state index in [0.29, 0.717) is 0 Å². The van der Waals surface area contributed by atoms with Gasteiger partial charge in [-0.3, -0.25) is 0 Å². The fraction of sp³-hybridized carbons (Fsp3) is 0.400. The van der Waals surface area contributed by atoms with Crippen LogP contribution in [0.15, 0.2) is 24.9 Å². The zero-order valence-electron chi connectivity index (χ0n) is 7.62. The average molecular weight is 178 g/mol. The highest BCUT2D eigenvalue weighted by molar-refractivity contribution is 5.58. The van der Waals surface area contributed by atoms with Crippen LogP contribution in [0.2, 0.25) is 0 Å². The monoisotopic (exact) mass is 178 g/mol. The van der Waals surface area contributed by atoms with Gasteiger partial charge in [-0.1, -0.05) is 6.58 Å². The molecule has 70 valence electrons. The van der Waals surface area contributed by atoms with Crippen molar-refractivity contribution in [1.82, 2.24) is 9.88 Å². The molecule has 0 radical (unpaired) electrons. The van der Waals surface area contributed by atoms with Gasteiger partial charge in [0.15, 0.2) is 0 Å². The number of hydrogen-bond donors (Lipinski definition) is 1. The lowest BCUT2D eigenvalue weighted by atomic mass is 10.3. The second-order valence-electron chi connectivity index (χ2n) is 3.13. The summed E-state index contributed by atoms with van der Waals surface area (Å²) in [5.41, 5.74) is 2.16. The molecule has 0 bridgehead atoms. The van der Waals surface area contributed by atoms with Gasteiger partial charge in [0.1, 0.15) is 0 Å². The molecule has 13 heavy (non-hydrogen) atoms. The lowest BCUT2D eigenvalue weighted by molar-refractivity contribution is 0.0640. The summed E-state index contributed by atoms with van der Waals surface area (Å²) in [4.78, 5) is 5.40. The number of morpholine rings is 1. The first-order chi connectivity index (χ1) is 6.38. The topological polar surface area (TPSA) is 28.3 Å². The van der Waals surface area contributed by atoms with Crippen molar-refractivity contribution in [3.05, 3.63) is 30.6 Å². The zero-order valence-corrected chi connectivity index (χ0v) is 7.62. The van der Waals surface area contributed by atoms with Crippen LogP contribution in [0, 0.1) is 0 Å². The fourth-order valence-electron chi connectivity index (χ4n) is 1.51. The second-order valence-corrected chi connectivity index (χ2v) is 3.13. The summed E-state index contributed by atoms with van der Waals surface area (Å²) in [6, 6.07) is 4.03. The third-order valence-electron chi connectivity index (χ3n) is 2.30. The molecule has 1 aliphatic rings. The van der Waals surface area contributed by atoms with Crippen molar-refractivity contribution in [1.29, 1.82) is 0 Å². The highest BCUT2D eigenvalue weighted by atomic mass is 16.5. The molecule has 1 aromatic rings. The van der Waals surface area contributed by atoms with E-state index < -0.39 is 0 Å². The minimum atomic E-state index is 0.805. The van der Waals surface area contributed by atoms with Gasteiger partial charge >= 0.3 is 0 Å². The van der Waals surface area contributed by atoms with Crippen molar-refractivity contribution in [3.8, 4) is 0 Å². The minimum Gasteiger partial charge on any atom is -0.378 e. The maximum Gasteiger partial charge on any atom is 0.0642 e. The molecule has 0 spiro atoms. The van der Waals surface area contributed by atoms with Crippen molar-refractivity contribution in [2.24, 2.45) is 0 Å². The third-order valence-corrected chi connectivity index (χ3v) is 2.30. The van der Waals surface area contributed by atoms with Gasteiger partial charge in [-0.2, -0.15) is 0 Å². The fourth-order valence-corrected chi connectivity index (χ4v) is 1.51. The van der Waals surface area contributed by atoms with Crippen molar-refractivity contribution < 1.29 is 4.74 Å². The normalized spacial score (nSPS) is 17.4. The number of hydrogen-bond acceptors (Lipinski definition) is 2. The Labute approximate surface area is 78.0 Å². The molecule has 1 aliphatic heterocycles. The molecule has 3 heteroatoms. The molecule has 0 amide bonds. The van der Waals surface area contributed by atoms with Crippen molar-refractivity contribution in [2.75, 3.05) is 26.3 Å². The SMILES string of the molecule is C=C(c1ccc[nH]1)N1CCOCC1. The number of nitrogens with one attached hydrogen (secondary N) is 1. The van der Waals surface area contributed by atoms with Crippen LogP contribution >= 0.6 is 0 Å². The molecule has 3 nitrogen and oxygen atoms in total. The van der Waals surface area contributed by atoms with Crippen LogP contribution in [-0.2, 0) is 4.74 Å². The number of H-pyrrole nitrogens is 1. The lowest BCUT2D eigenvalue weighted by Gasteiger charge is -2.29. The van der Waals surface area contributed by atoms with Gasteiger partial charge in [-0.25, -0.2) is 0 Å². The predicted molar refractivity (Wildman–Crippen MR) is 52.2 cm³/mol. The van der Waals surface area contributed by atoms with Gasteiger partial charge in [-0.05, 0) is 12.1 Å². The summed E-state index contributed by atoms with van der Waals surface area (Å²) in [5.74, 6) is 0. The van der Waals surface area contributed by atoms with E-state index in [1.807, 2.05) is 18.3 Å². The smallest absolute Gasteiger partial charge is 0.0642 e. The number of aromatic amines is 1. The molecular weight excluding hydrogens is 164 g/mol. The summed E-state index contributed by atoms with van der Waals surface area (Å²) < 4.78 is 5.27. The van der Waals surface area contributed by atoms with Gasteiger partial charge in [0.05, 0.1) is 24.6 Å². The van der Waals surface area contributed by atoms with Crippen LogP contribution in [0.4, 0.5) is 0 Å². The highest BCUT2D eigenvalue weighted by Gasteiger charge is 2.13. The van der Waals surface area contributed by atoms with Crippen LogP contribution in [0.1, 0.15) is 5.69 Å². The zero-order chi connectivity index (χ0) is 9.10. The Morgan fingerprint density at radius 1 is 1.46 bits per heavy atom. The van der Waals surface area contributed by atoms with Gasteiger partial charge in [0, 0.05) is 19.3 Å². The molecule has 1 aromatic heterocycles. The first-order valence-corrected chi connectivity index (χ1v) is 4.53. The first kappa shape index (κ1) is 8.38. The van der Waals surface area contributed by atoms with Crippen LogP contribution in [-0.4, -0.2) is 36.2 Å². The molecule has 0 atom stereocenters. The summed E-state index contributed by atoms with van der Waals surface area (Å²) >= 11 is 0. The van der Waals surface area contributed by atoms with Crippen molar-refractivity contribution >= 4 is 5.70 Å². The quantitative estimate of drug-likeness (QED) is 0.739. The Bertz CT molecular complexity index is 273. The molecule has 0 saturated carbocycles. The molecule has 1 saturated heterocycles. The van der Waals surface area contributed by atoms with Crippen LogP contribution in [0.3, 0.4) is 0 Å². The number of ether oxygens (including phenoxy) is 1. The van der Waals surface area contributed by atoms with E-state index in [4.69, 9.17) is 4.74 Å². The lowest BCUT2D eigenvalue weighted by Crippen LogP contribution is -2.34. The van der Waals surface area contributed by atoms with E-state index in [9.17, 15) is 0 Å². The Kier molecular flexibility index (Phi) is 2.36. The molecule has 2 heterocycles. The van der Waals surface area contributed by atoms with Gasteiger partial charge in [0.2, 0.25) is 0 Å². The third kappa shape index (κ3) is 1.75. The molecule has 0 aliphatic carbocycles. The Morgan fingerprint density at radius 2 is 2.23 bits per heavy atom.